The predicted octanol–water partition coefficient (Wildman–Crippen LogP) is 4.39. The molecule has 8 nitrogen and oxygen atoms in total. The van der Waals surface area contributed by atoms with Crippen LogP contribution in [0.25, 0.3) is 0 Å². The highest BCUT2D eigenvalue weighted by molar-refractivity contribution is 7.80. The SMILES string of the molecule is COc1cccc(NC(=O)[C@@H]2CC(=O)N(c3cccc(C(F)(F)F)c3)C(=S)N2NC(=O)c2ccccc2)c1. The van der Waals surface area contributed by atoms with E-state index in [0.717, 1.165) is 28.1 Å². The van der Waals surface area contributed by atoms with Crippen LogP contribution in [0.3, 0.4) is 0 Å². The second-order valence-electron chi connectivity index (χ2n) is 8.18. The van der Waals surface area contributed by atoms with E-state index in [-0.39, 0.29) is 16.4 Å². The highest BCUT2D eigenvalue weighted by Crippen LogP contribution is 2.33. The number of benzene rings is 3. The van der Waals surface area contributed by atoms with Crippen LogP contribution in [0.5, 0.6) is 5.75 Å². The molecule has 0 unspecified atom stereocenters. The molecular weight excluding hydrogens is 521 g/mol. The molecule has 1 fully saturated rings. The lowest BCUT2D eigenvalue weighted by Crippen LogP contribution is -2.65. The Labute approximate surface area is 221 Å². The predicted molar refractivity (Wildman–Crippen MR) is 137 cm³/mol. The molecule has 3 aromatic rings. The number of methoxy groups -OCH3 is 1. The summed E-state index contributed by atoms with van der Waals surface area (Å²) in [7, 11) is 1.46. The summed E-state index contributed by atoms with van der Waals surface area (Å²) in [6.45, 7) is 0. The molecule has 0 spiro atoms. The minimum Gasteiger partial charge on any atom is -0.497 e. The van der Waals surface area contributed by atoms with Gasteiger partial charge in [0.15, 0.2) is 0 Å². The van der Waals surface area contributed by atoms with Crippen LogP contribution in [0.4, 0.5) is 24.5 Å². The number of nitrogens with zero attached hydrogens (tertiary/aromatic N) is 2. The van der Waals surface area contributed by atoms with Crippen molar-refractivity contribution in [3.63, 3.8) is 0 Å². The van der Waals surface area contributed by atoms with Gasteiger partial charge in [-0.3, -0.25) is 24.7 Å². The lowest BCUT2D eigenvalue weighted by Gasteiger charge is -2.41. The Morgan fingerprint density at radius 1 is 1.00 bits per heavy atom. The summed E-state index contributed by atoms with van der Waals surface area (Å²) in [6.07, 6.45) is -5.14. The number of ether oxygens (including phenoxy) is 1. The molecule has 0 aromatic heterocycles. The van der Waals surface area contributed by atoms with Crippen molar-refractivity contribution in [2.75, 3.05) is 17.3 Å². The third-order valence-electron chi connectivity index (χ3n) is 5.66. The topological polar surface area (TPSA) is 91.0 Å². The molecule has 1 aliphatic rings. The van der Waals surface area contributed by atoms with Gasteiger partial charge in [-0.1, -0.05) is 30.3 Å². The van der Waals surface area contributed by atoms with Crippen molar-refractivity contribution in [3.8, 4) is 5.75 Å². The maximum atomic E-state index is 13.3. The van der Waals surface area contributed by atoms with Gasteiger partial charge in [0.2, 0.25) is 16.9 Å². The molecule has 0 aliphatic carbocycles. The zero-order valence-corrected chi connectivity index (χ0v) is 20.7. The fourth-order valence-electron chi connectivity index (χ4n) is 3.80. The number of hydrazine groups is 1. The van der Waals surface area contributed by atoms with E-state index < -0.39 is 41.9 Å². The smallest absolute Gasteiger partial charge is 0.416 e. The molecule has 1 saturated heterocycles. The first-order valence-corrected chi connectivity index (χ1v) is 11.6. The number of alkyl halides is 3. The summed E-state index contributed by atoms with van der Waals surface area (Å²) in [5.41, 5.74) is 2.01. The van der Waals surface area contributed by atoms with Gasteiger partial charge in [0.25, 0.3) is 5.91 Å². The van der Waals surface area contributed by atoms with E-state index in [1.807, 2.05) is 0 Å². The average molecular weight is 543 g/mol. The highest BCUT2D eigenvalue weighted by atomic mass is 32.1. The van der Waals surface area contributed by atoms with E-state index in [1.54, 1.807) is 42.5 Å². The fourth-order valence-corrected chi connectivity index (χ4v) is 4.18. The molecule has 2 N–H and O–H groups in total. The molecule has 1 heterocycles. The molecule has 4 rings (SSSR count). The number of nitrogens with one attached hydrogen (secondary N) is 2. The van der Waals surface area contributed by atoms with Crippen LogP contribution in [-0.2, 0) is 15.8 Å². The van der Waals surface area contributed by atoms with E-state index in [0.29, 0.717) is 11.4 Å². The molecular formula is C26H21F3N4O4S. The molecule has 0 bridgehead atoms. The van der Waals surface area contributed by atoms with Gasteiger partial charge < -0.3 is 10.1 Å². The number of carbonyl (C=O) groups is 3. The molecule has 1 aliphatic heterocycles. The van der Waals surface area contributed by atoms with Gasteiger partial charge in [-0.05, 0) is 54.7 Å². The first-order chi connectivity index (χ1) is 18.1. The van der Waals surface area contributed by atoms with Gasteiger partial charge in [0.1, 0.15) is 11.8 Å². The fraction of sp³-hybridized carbons (Fsp3) is 0.154. The van der Waals surface area contributed by atoms with E-state index in [1.165, 1.54) is 25.3 Å². The highest BCUT2D eigenvalue weighted by Gasteiger charge is 2.42. The Balaban J connectivity index is 1.68. The number of thiocarbonyl (C=S) groups is 1. The number of carbonyl (C=O) groups excluding carboxylic acids is 3. The van der Waals surface area contributed by atoms with E-state index >= 15 is 0 Å². The van der Waals surface area contributed by atoms with Crippen LogP contribution in [0.2, 0.25) is 0 Å². The Kier molecular flexibility index (Phi) is 7.62. The van der Waals surface area contributed by atoms with Crippen LogP contribution in [0.15, 0.2) is 78.9 Å². The first-order valence-electron chi connectivity index (χ1n) is 11.2. The molecule has 12 heteroatoms. The third kappa shape index (κ3) is 5.75. The first kappa shape index (κ1) is 26.6. The second kappa shape index (κ2) is 10.9. The van der Waals surface area contributed by atoms with Crippen molar-refractivity contribution in [2.24, 2.45) is 0 Å². The average Bonchev–Trinajstić information content (AvgIpc) is 2.90. The maximum Gasteiger partial charge on any atom is 0.416 e. The normalized spacial score (nSPS) is 15.7. The van der Waals surface area contributed by atoms with Crippen LogP contribution in [0, 0.1) is 0 Å². The Hall–Kier alpha value is -4.45. The largest absolute Gasteiger partial charge is 0.497 e. The Morgan fingerprint density at radius 2 is 1.71 bits per heavy atom. The number of amides is 3. The lowest BCUT2D eigenvalue weighted by molar-refractivity contribution is -0.137. The van der Waals surface area contributed by atoms with Gasteiger partial charge in [-0.15, -0.1) is 0 Å². The number of rotatable bonds is 6. The number of hydrogen-bond acceptors (Lipinski definition) is 5. The molecule has 0 radical (unpaired) electrons. The van der Waals surface area contributed by atoms with Crippen LogP contribution < -0.4 is 20.4 Å². The van der Waals surface area contributed by atoms with E-state index in [2.05, 4.69) is 10.7 Å². The zero-order valence-electron chi connectivity index (χ0n) is 19.9. The summed E-state index contributed by atoms with van der Waals surface area (Å²) >= 11 is 5.45. The molecule has 1 atom stereocenters. The van der Waals surface area contributed by atoms with Gasteiger partial charge >= 0.3 is 6.18 Å². The summed E-state index contributed by atoms with van der Waals surface area (Å²) in [6, 6.07) is 17.3. The quantitative estimate of drug-likeness (QED) is 0.449. The number of halogens is 3. The minimum atomic E-state index is -4.66. The second-order valence-corrected chi connectivity index (χ2v) is 8.54. The molecule has 38 heavy (non-hydrogen) atoms. The van der Waals surface area contributed by atoms with Crippen LogP contribution in [-0.4, -0.2) is 41.0 Å². The van der Waals surface area contributed by atoms with E-state index in [9.17, 15) is 27.6 Å². The van der Waals surface area contributed by atoms with Crippen molar-refractivity contribution in [1.82, 2.24) is 10.4 Å². The van der Waals surface area contributed by atoms with Crippen molar-refractivity contribution < 1.29 is 32.3 Å². The number of anilines is 2. The van der Waals surface area contributed by atoms with Gasteiger partial charge in [0.05, 0.1) is 24.8 Å². The summed E-state index contributed by atoms with van der Waals surface area (Å²) < 4.78 is 45.1. The molecule has 3 amide bonds. The lowest BCUT2D eigenvalue weighted by atomic mass is 10.1. The van der Waals surface area contributed by atoms with Gasteiger partial charge in [-0.2, -0.15) is 13.2 Å². The summed E-state index contributed by atoms with van der Waals surface area (Å²) in [5, 5.41) is 3.31. The number of hydrogen-bond donors (Lipinski definition) is 2. The molecule has 3 aromatic carbocycles. The van der Waals surface area contributed by atoms with E-state index in [4.69, 9.17) is 17.0 Å². The van der Waals surface area contributed by atoms with Crippen molar-refractivity contribution in [1.29, 1.82) is 0 Å². The zero-order chi connectivity index (χ0) is 27.4. The van der Waals surface area contributed by atoms with Crippen LogP contribution in [0.1, 0.15) is 22.3 Å². The Morgan fingerprint density at radius 3 is 2.39 bits per heavy atom. The Bertz CT molecular complexity index is 1380. The maximum absolute atomic E-state index is 13.3. The van der Waals surface area contributed by atoms with Crippen molar-refractivity contribution in [2.45, 2.75) is 18.6 Å². The van der Waals surface area contributed by atoms with Crippen molar-refractivity contribution in [3.05, 3.63) is 90.0 Å². The molecule has 196 valence electrons. The van der Waals surface area contributed by atoms with Gasteiger partial charge in [0, 0.05) is 17.3 Å². The monoisotopic (exact) mass is 542 g/mol. The standard InChI is InChI=1S/C26H21F3N4O4S/c1-37-20-12-6-10-18(14-20)30-24(36)21-15-22(34)32(19-11-5-9-17(13-19)26(27,28)29)25(38)33(21)31-23(35)16-7-3-2-4-8-16/h2-14,21H,15H2,1H3,(H,30,36)(H,31,35)/t21-/m0/s1. The van der Waals surface area contributed by atoms with Crippen LogP contribution >= 0.6 is 12.2 Å². The summed E-state index contributed by atoms with van der Waals surface area (Å²) in [4.78, 5) is 40.3. The van der Waals surface area contributed by atoms with Gasteiger partial charge in [-0.25, -0.2) is 5.01 Å². The molecule has 0 saturated carbocycles. The van der Waals surface area contributed by atoms with Crippen molar-refractivity contribution >= 4 is 46.4 Å². The third-order valence-corrected chi connectivity index (χ3v) is 6.04. The summed E-state index contributed by atoms with van der Waals surface area (Å²) in [5.74, 6) is -1.55. The minimum absolute atomic E-state index is 0.152.